The SMILES string of the molecule is Cc1ccc(CC(=O)N2CCN(C(=O)CCCN)CC2)cc1. The van der Waals surface area contributed by atoms with Gasteiger partial charge in [0, 0.05) is 32.6 Å². The van der Waals surface area contributed by atoms with Crippen LogP contribution in [0.1, 0.15) is 24.0 Å². The summed E-state index contributed by atoms with van der Waals surface area (Å²) in [5.41, 5.74) is 7.66. The summed E-state index contributed by atoms with van der Waals surface area (Å²) in [5, 5.41) is 0. The number of hydrogen-bond acceptors (Lipinski definition) is 3. The van der Waals surface area contributed by atoms with Gasteiger partial charge in [0.25, 0.3) is 0 Å². The van der Waals surface area contributed by atoms with E-state index in [1.165, 1.54) is 5.56 Å². The summed E-state index contributed by atoms with van der Waals surface area (Å²) in [6.07, 6.45) is 1.67. The molecule has 0 atom stereocenters. The molecule has 1 aliphatic heterocycles. The first-order valence-electron chi connectivity index (χ1n) is 7.91. The molecule has 0 aliphatic carbocycles. The fraction of sp³-hybridized carbons (Fsp3) is 0.529. The Kier molecular flexibility index (Phi) is 5.95. The fourth-order valence-electron chi connectivity index (χ4n) is 2.61. The number of hydrogen-bond donors (Lipinski definition) is 1. The van der Waals surface area contributed by atoms with Crippen LogP contribution in [0.15, 0.2) is 24.3 Å². The minimum atomic E-state index is 0.137. The molecule has 0 radical (unpaired) electrons. The molecule has 120 valence electrons. The molecule has 1 saturated heterocycles. The van der Waals surface area contributed by atoms with Crippen molar-refractivity contribution in [1.82, 2.24) is 9.80 Å². The Morgan fingerprint density at radius 1 is 1.00 bits per heavy atom. The second-order valence-electron chi connectivity index (χ2n) is 5.82. The van der Waals surface area contributed by atoms with Gasteiger partial charge in [0.1, 0.15) is 0 Å². The molecule has 5 heteroatoms. The van der Waals surface area contributed by atoms with Crippen LogP contribution in [-0.4, -0.2) is 54.3 Å². The minimum Gasteiger partial charge on any atom is -0.339 e. The van der Waals surface area contributed by atoms with E-state index in [-0.39, 0.29) is 11.8 Å². The molecular formula is C17H25N3O2. The Morgan fingerprint density at radius 3 is 2.09 bits per heavy atom. The molecule has 1 fully saturated rings. The van der Waals surface area contributed by atoms with Crippen molar-refractivity contribution in [3.63, 3.8) is 0 Å². The summed E-state index contributed by atoms with van der Waals surface area (Å²) in [6.45, 7) is 5.08. The molecule has 0 unspecified atom stereocenters. The van der Waals surface area contributed by atoms with Gasteiger partial charge in [-0.1, -0.05) is 29.8 Å². The van der Waals surface area contributed by atoms with Crippen molar-refractivity contribution in [2.45, 2.75) is 26.2 Å². The van der Waals surface area contributed by atoms with Crippen molar-refractivity contribution in [3.05, 3.63) is 35.4 Å². The van der Waals surface area contributed by atoms with E-state index < -0.39 is 0 Å². The molecule has 1 aliphatic rings. The van der Waals surface area contributed by atoms with Crippen molar-refractivity contribution >= 4 is 11.8 Å². The monoisotopic (exact) mass is 303 g/mol. The second-order valence-corrected chi connectivity index (χ2v) is 5.82. The van der Waals surface area contributed by atoms with Gasteiger partial charge in [-0.05, 0) is 25.5 Å². The van der Waals surface area contributed by atoms with E-state index in [0.29, 0.717) is 45.6 Å². The molecule has 0 spiro atoms. The zero-order valence-electron chi connectivity index (χ0n) is 13.3. The fourth-order valence-corrected chi connectivity index (χ4v) is 2.61. The van der Waals surface area contributed by atoms with Gasteiger partial charge in [0.15, 0.2) is 0 Å². The quantitative estimate of drug-likeness (QED) is 0.880. The Morgan fingerprint density at radius 2 is 1.55 bits per heavy atom. The maximum absolute atomic E-state index is 12.3. The smallest absolute Gasteiger partial charge is 0.227 e. The highest BCUT2D eigenvalue weighted by atomic mass is 16.2. The van der Waals surface area contributed by atoms with Gasteiger partial charge in [0.05, 0.1) is 6.42 Å². The molecule has 0 aromatic heterocycles. The predicted octanol–water partition coefficient (Wildman–Crippen LogP) is 0.947. The summed E-state index contributed by atoms with van der Waals surface area (Å²) in [6, 6.07) is 8.05. The normalized spacial score (nSPS) is 15.0. The van der Waals surface area contributed by atoms with Crippen LogP contribution in [0.4, 0.5) is 0 Å². The molecule has 1 aromatic carbocycles. The largest absolute Gasteiger partial charge is 0.339 e. The molecular weight excluding hydrogens is 278 g/mol. The third-order valence-electron chi connectivity index (χ3n) is 4.06. The zero-order valence-corrected chi connectivity index (χ0v) is 13.3. The molecule has 0 bridgehead atoms. The maximum atomic E-state index is 12.3. The van der Waals surface area contributed by atoms with Gasteiger partial charge >= 0.3 is 0 Å². The van der Waals surface area contributed by atoms with Gasteiger partial charge in [0.2, 0.25) is 11.8 Å². The zero-order chi connectivity index (χ0) is 15.9. The minimum absolute atomic E-state index is 0.137. The Balaban J connectivity index is 1.79. The summed E-state index contributed by atoms with van der Waals surface area (Å²) in [4.78, 5) is 27.9. The number of carbonyl (C=O) groups excluding carboxylic acids is 2. The number of rotatable bonds is 5. The van der Waals surface area contributed by atoms with Crippen LogP contribution in [0.5, 0.6) is 0 Å². The number of benzene rings is 1. The van der Waals surface area contributed by atoms with Crippen LogP contribution < -0.4 is 5.73 Å². The third kappa shape index (κ3) is 4.56. The van der Waals surface area contributed by atoms with E-state index in [4.69, 9.17) is 5.73 Å². The van der Waals surface area contributed by atoms with Gasteiger partial charge in [-0.25, -0.2) is 0 Å². The van der Waals surface area contributed by atoms with Crippen molar-refractivity contribution < 1.29 is 9.59 Å². The lowest BCUT2D eigenvalue weighted by Gasteiger charge is -2.35. The highest BCUT2D eigenvalue weighted by Gasteiger charge is 2.23. The molecule has 2 N–H and O–H groups in total. The number of amides is 2. The third-order valence-corrected chi connectivity index (χ3v) is 4.06. The molecule has 0 saturated carbocycles. The maximum Gasteiger partial charge on any atom is 0.227 e. The Bertz CT molecular complexity index is 505. The average molecular weight is 303 g/mol. The van der Waals surface area contributed by atoms with Gasteiger partial charge in [-0.15, -0.1) is 0 Å². The molecule has 2 amide bonds. The molecule has 5 nitrogen and oxygen atoms in total. The van der Waals surface area contributed by atoms with E-state index in [1.54, 1.807) is 0 Å². The van der Waals surface area contributed by atoms with Gasteiger partial charge in [-0.2, -0.15) is 0 Å². The van der Waals surface area contributed by atoms with Gasteiger partial charge in [-0.3, -0.25) is 9.59 Å². The van der Waals surface area contributed by atoms with Crippen LogP contribution in [0, 0.1) is 6.92 Å². The van der Waals surface area contributed by atoms with Crippen molar-refractivity contribution in [2.75, 3.05) is 32.7 Å². The molecule has 1 aromatic rings. The van der Waals surface area contributed by atoms with Crippen molar-refractivity contribution in [1.29, 1.82) is 0 Å². The molecule has 1 heterocycles. The summed E-state index contributed by atoms with van der Waals surface area (Å²) < 4.78 is 0. The Hall–Kier alpha value is -1.88. The lowest BCUT2D eigenvalue weighted by molar-refractivity contribution is -0.139. The number of carbonyl (C=O) groups is 2. The first-order chi connectivity index (χ1) is 10.6. The van der Waals surface area contributed by atoms with Crippen LogP contribution in [0.2, 0.25) is 0 Å². The highest BCUT2D eigenvalue weighted by Crippen LogP contribution is 2.09. The molecule has 22 heavy (non-hydrogen) atoms. The van der Waals surface area contributed by atoms with E-state index in [0.717, 1.165) is 12.0 Å². The van der Waals surface area contributed by atoms with Crippen molar-refractivity contribution in [3.8, 4) is 0 Å². The van der Waals surface area contributed by atoms with Crippen LogP contribution in [0.25, 0.3) is 0 Å². The summed E-state index contributed by atoms with van der Waals surface area (Å²) in [7, 11) is 0. The predicted molar refractivity (Wildman–Crippen MR) is 86.3 cm³/mol. The lowest BCUT2D eigenvalue weighted by atomic mass is 10.1. The lowest BCUT2D eigenvalue weighted by Crippen LogP contribution is -2.51. The number of nitrogens with zero attached hydrogens (tertiary/aromatic N) is 2. The Labute approximate surface area is 132 Å². The molecule has 2 rings (SSSR count). The van der Waals surface area contributed by atoms with Gasteiger partial charge < -0.3 is 15.5 Å². The van der Waals surface area contributed by atoms with E-state index in [2.05, 4.69) is 0 Å². The van der Waals surface area contributed by atoms with Crippen LogP contribution in [-0.2, 0) is 16.0 Å². The highest BCUT2D eigenvalue weighted by molar-refractivity contribution is 5.80. The van der Waals surface area contributed by atoms with E-state index in [9.17, 15) is 9.59 Å². The number of piperazine rings is 1. The number of nitrogens with two attached hydrogens (primary N) is 1. The van der Waals surface area contributed by atoms with Crippen LogP contribution in [0.3, 0.4) is 0 Å². The summed E-state index contributed by atoms with van der Waals surface area (Å²) >= 11 is 0. The first-order valence-corrected chi connectivity index (χ1v) is 7.91. The summed E-state index contributed by atoms with van der Waals surface area (Å²) in [5.74, 6) is 0.286. The van der Waals surface area contributed by atoms with Crippen molar-refractivity contribution in [2.24, 2.45) is 5.73 Å². The number of aryl methyl sites for hydroxylation is 1. The first kappa shape index (κ1) is 16.5. The average Bonchev–Trinajstić information content (AvgIpc) is 2.55. The standard InChI is InChI=1S/C17H25N3O2/c1-14-4-6-15(7-5-14)13-17(22)20-11-9-19(10-12-20)16(21)3-2-8-18/h4-7H,2-3,8-13,18H2,1H3. The topological polar surface area (TPSA) is 66.6 Å². The van der Waals surface area contributed by atoms with E-state index >= 15 is 0 Å². The second kappa shape index (κ2) is 7.94. The van der Waals surface area contributed by atoms with Crippen LogP contribution >= 0.6 is 0 Å². The van der Waals surface area contributed by atoms with E-state index in [1.807, 2.05) is 41.0 Å².